The van der Waals surface area contributed by atoms with Crippen LogP contribution in [0.4, 0.5) is 0 Å². The molecule has 2 atom stereocenters. The smallest absolute Gasteiger partial charge is 0.242 e. The Morgan fingerprint density at radius 2 is 2.05 bits per heavy atom. The summed E-state index contributed by atoms with van der Waals surface area (Å²) in [7, 11) is 0. The van der Waals surface area contributed by atoms with Gasteiger partial charge in [-0.2, -0.15) is 0 Å². The minimum atomic E-state index is -0.323. The summed E-state index contributed by atoms with van der Waals surface area (Å²) in [5.74, 6) is -0.0226. The average molecular weight is 290 g/mol. The van der Waals surface area contributed by atoms with Gasteiger partial charge in [-0.25, -0.2) is 0 Å². The fourth-order valence-electron chi connectivity index (χ4n) is 2.65. The van der Waals surface area contributed by atoms with Gasteiger partial charge in [0.1, 0.15) is 6.04 Å². The summed E-state index contributed by atoms with van der Waals surface area (Å²) < 4.78 is 0. The molecular weight excluding hydrogens is 266 g/mol. The number of hydrogen-bond acceptors (Lipinski definition) is 3. The molecule has 0 saturated carbocycles. The molecule has 2 fully saturated rings. The molecule has 0 spiro atoms. The van der Waals surface area contributed by atoms with Crippen LogP contribution in [0.25, 0.3) is 0 Å². The molecular formula is C13H24ClN3O2. The topological polar surface area (TPSA) is 70.2 Å². The fourth-order valence-corrected chi connectivity index (χ4v) is 2.65. The summed E-state index contributed by atoms with van der Waals surface area (Å²) in [6.07, 6.45) is 6.52. The van der Waals surface area contributed by atoms with E-state index >= 15 is 0 Å². The Morgan fingerprint density at radius 3 is 2.79 bits per heavy atom. The van der Waals surface area contributed by atoms with Crippen molar-refractivity contribution in [1.29, 1.82) is 0 Å². The summed E-state index contributed by atoms with van der Waals surface area (Å²) in [5.41, 5.74) is 0. The maximum atomic E-state index is 11.8. The molecule has 2 aliphatic heterocycles. The Bertz CT molecular complexity index is 306. The second kappa shape index (κ2) is 8.38. The molecule has 0 aromatic rings. The predicted molar refractivity (Wildman–Crippen MR) is 76.3 cm³/mol. The van der Waals surface area contributed by atoms with Crippen LogP contribution in [0.15, 0.2) is 0 Å². The predicted octanol–water partition coefficient (Wildman–Crippen LogP) is 0.725. The van der Waals surface area contributed by atoms with E-state index in [0.29, 0.717) is 12.5 Å². The Balaban J connectivity index is 0.00000180. The monoisotopic (exact) mass is 289 g/mol. The van der Waals surface area contributed by atoms with Gasteiger partial charge >= 0.3 is 0 Å². The highest BCUT2D eigenvalue weighted by Crippen LogP contribution is 2.11. The number of amides is 2. The Labute approximate surface area is 120 Å². The largest absolute Gasteiger partial charge is 0.354 e. The molecule has 2 aliphatic rings. The Morgan fingerprint density at radius 1 is 1.21 bits per heavy atom. The molecule has 19 heavy (non-hydrogen) atoms. The van der Waals surface area contributed by atoms with Crippen molar-refractivity contribution in [3.63, 3.8) is 0 Å². The van der Waals surface area contributed by atoms with E-state index in [9.17, 15) is 9.59 Å². The summed E-state index contributed by atoms with van der Waals surface area (Å²) in [6.45, 7) is 1.80. The van der Waals surface area contributed by atoms with Crippen LogP contribution in [0, 0.1) is 0 Å². The van der Waals surface area contributed by atoms with Crippen LogP contribution in [0.5, 0.6) is 0 Å². The third-order valence-electron chi connectivity index (χ3n) is 3.75. The van der Waals surface area contributed by atoms with E-state index in [-0.39, 0.29) is 30.3 Å². The van der Waals surface area contributed by atoms with Gasteiger partial charge in [0.25, 0.3) is 0 Å². The van der Waals surface area contributed by atoms with Gasteiger partial charge in [0.15, 0.2) is 0 Å². The van der Waals surface area contributed by atoms with Crippen molar-refractivity contribution in [3.8, 4) is 0 Å². The summed E-state index contributed by atoms with van der Waals surface area (Å²) in [4.78, 5) is 23.5. The van der Waals surface area contributed by atoms with Crippen molar-refractivity contribution >= 4 is 24.2 Å². The van der Waals surface area contributed by atoms with Gasteiger partial charge in [0, 0.05) is 19.0 Å². The lowest BCUT2D eigenvalue weighted by molar-refractivity contribution is -0.128. The van der Waals surface area contributed by atoms with Crippen LogP contribution in [0.2, 0.25) is 0 Å². The molecule has 6 heteroatoms. The number of carbonyl (C=O) groups is 2. The molecule has 0 aromatic carbocycles. The highest BCUT2D eigenvalue weighted by atomic mass is 35.5. The van der Waals surface area contributed by atoms with Crippen LogP contribution in [-0.2, 0) is 9.59 Å². The molecule has 0 aliphatic carbocycles. The van der Waals surface area contributed by atoms with Crippen LogP contribution >= 0.6 is 12.4 Å². The van der Waals surface area contributed by atoms with Gasteiger partial charge in [0.2, 0.25) is 11.8 Å². The lowest BCUT2D eigenvalue weighted by atomic mass is 10.1. The van der Waals surface area contributed by atoms with Crippen molar-refractivity contribution < 1.29 is 9.59 Å². The Hall–Kier alpha value is -0.810. The summed E-state index contributed by atoms with van der Waals surface area (Å²) in [5, 5.41) is 9.06. The highest BCUT2D eigenvalue weighted by Gasteiger charge is 2.23. The second-order valence-corrected chi connectivity index (χ2v) is 5.24. The van der Waals surface area contributed by atoms with E-state index in [1.807, 2.05) is 0 Å². The first kappa shape index (κ1) is 16.2. The van der Waals surface area contributed by atoms with E-state index in [1.165, 1.54) is 6.42 Å². The molecule has 0 bridgehead atoms. The molecule has 0 aromatic heterocycles. The molecule has 2 heterocycles. The van der Waals surface area contributed by atoms with Crippen molar-refractivity contribution in [2.75, 3.05) is 13.1 Å². The molecule has 2 unspecified atom stereocenters. The molecule has 5 nitrogen and oxygen atoms in total. The van der Waals surface area contributed by atoms with Crippen LogP contribution in [0.1, 0.15) is 44.9 Å². The van der Waals surface area contributed by atoms with Crippen molar-refractivity contribution in [2.45, 2.75) is 57.0 Å². The van der Waals surface area contributed by atoms with E-state index in [4.69, 9.17) is 0 Å². The van der Waals surface area contributed by atoms with Gasteiger partial charge in [-0.3, -0.25) is 9.59 Å². The average Bonchev–Trinajstić information content (AvgIpc) is 2.80. The maximum Gasteiger partial charge on any atom is 0.242 e. The Kier molecular flexibility index (Phi) is 7.16. The zero-order chi connectivity index (χ0) is 12.8. The van der Waals surface area contributed by atoms with E-state index < -0.39 is 0 Å². The molecule has 110 valence electrons. The van der Waals surface area contributed by atoms with Gasteiger partial charge in [-0.05, 0) is 45.1 Å². The van der Waals surface area contributed by atoms with Gasteiger partial charge in [-0.1, -0.05) is 0 Å². The lowest BCUT2D eigenvalue weighted by Crippen LogP contribution is -2.45. The number of hydrogen-bond donors (Lipinski definition) is 3. The van der Waals surface area contributed by atoms with Gasteiger partial charge in [0.05, 0.1) is 0 Å². The first-order chi connectivity index (χ1) is 8.75. The molecule has 2 amide bonds. The fraction of sp³-hybridized carbons (Fsp3) is 0.846. The molecule has 2 rings (SSSR count). The number of nitrogens with one attached hydrogen (secondary N) is 3. The van der Waals surface area contributed by atoms with Crippen LogP contribution < -0.4 is 16.0 Å². The zero-order valence-corrected chi connectivity index (χ0v) is 12.1. The third kappa shape index (κ3) is 5.37. The highest BCUT2D eigenvalue weighted by molar-refractivity contribution is 5.87. The first-order valence-electron chi connectivity index (χ1n) is 7.06. The minimum Gasteiger partial charge on any atom is -0.354 e. The van der Waals surface area contributed by atoms with Crippen LogP contribution in [-0.4, -0.2) is 37.0 Å². The van der Waals surface area contributed by atoms with E-state index in [0.717, 1.165) is 45.2 Å². The standard InChI is InChI=1S/C13H23N3O2.ClH/c17-12(7-6-10-4-3-9-14-10)16-11-5-1-2-8-15-13(11)18;/h10-11,14H,1-9H2,(H,15,18)(H,16,17);1H. The summed E-state index contributed by atoms with van der Waals surface area (Å²) >= 11 is 0. The second-order valence-electron chi connectivity index (χ2n) is 5.24. The van der Waals surface area contributed by atoms with Gasteiger partial charge < -0.3 is 16.0 Å². The molecule has 0 radical (unpaired) electrons. The lowest BCUT2D eigenvalue weighted by Gasteiger charge is -2.16. The van der Waals surface area contributed by atoms with Crippen molar-refractivity contribution in [3.05, 3.63) is 0 Å². The number of carbonyl (C=O) groups excluding carboxylic acids is 2. The number of rotatable bonds is 4. The third-order valence-corrected chi connectivity index (χ3v) is 3.75. The van der Waals surface area contributed by atoms with Gasteiger partial charge in [-0.15, -0.1) is 12.4 Å². The van der Waals surface area contributed by atoms with E-state index in [2.05, 4.69) is 16.0 Å². The maximum absolute atomic E-state index is 11.8. The zero-order valence-electron chi connectivity index (χ0n) is 11.2. The number of halogens is 1. The van der Waals surface area contributed by atoms with Crippen LogP contribution in [0.3, 0.4) is 0 Å². The normalized spacial score (nSPS) is 27.1. The molecule has 3 N–H and O–H groups in total. The first-order valence-corrected chi connectivity index (χ1v) is 7.06. The SMILES string of the molecule is Cl.O=C(CCC1CCCN1)NC1CCCCNC1=O. The summed E-state index contributed by atoms with van der Waals surface area (Å²) in [6, 6.07) is 0.162. The molecule has 2 saturated heterocycles. The minimum absolute atomic E-state index is 0. The van der Waals surface area contributed by atoms with E-state index in [1.54, 1.807) is 0 Å². The quantitative estimate of drug-likeness (QED) is 0.714. The van der Waals surface area contributed by atoms with Crippen molar-refractivity contribution in [2.24, 2.45) is 0 Å². The van der Waals surface area contributed by atoms with Crippen molar-refractivity contribution in [1.82, 2.24) is 16.0 Å².